The monoisotopic (exact) mass is 656 g/mol. The van der Waals surface area contributed by atoms with Crippen molar-refractivity contribution in [2.24, 2.45) is 0 Å². The van der Waals surface area contributed by atoms with E-state index in [0.29, 0.717) is 0 Å². The first kappa shape index (κ1) is 28.6. The van der Waals surface area contributed by atoms with Crippen molar-refractivity contribution in [3.05, 3.63) is 164 Å². The zero-order valence-electron chi connectivity index (χ0n) is 26.8. The fraction of sp³-hybridized carbons (Fsp3) is 0. The largest absolute Gasteiger partial charge is 0.354 e. The summed E-state index contributed by atoms with van der Waals surface area (Å²) in [7, 11) is 0. The lowest BCUT2D eigenvalue weighted by Crippen LogP contribution is -2.03. The van der Waals surface area contributed by atoms with E-state index in [1.54, 1.807) is 0 Å². The van der Waals surface area contributed by atoms with Crippen molar-refractivity contribution in [2.75, 3.05) is 0 Å². The lowest BCUT2D eigenvalue weighted by Gasteiger charge is -2.21. The molecular weight excluding hydrogens is 629 g/mol. The van der Waals surface area contributed by atoms with Crippen LogP contribution < -0.4 is 0 Å². The van der Waals surface area contributed by atoms with Crippen LogP contribution in [-0.2, 0) is 0 Å². The number of hydrogen-bond donors (Lipinski definition) is 1. The van der Waals surface area contributed by atoms with Gasteiger partial charge in [0, 0.05) is 64.3 Å². The Balaban J connectivity index is 1.38. The Labute approximate surface area is 292 Å². The standard InChI is InChI=1S/C45H28N4S/c1-3-14-28(15-4-1)30-20-11-21-32(34-23-12-22-33-31-18-7-9-25-37(31)46-44(33)34)41(30)42-43(29-16-5-2-6-17-29)47-49-48-45(42)36-24-13-27-39-40(36)35-19-8-10-26-38(35)50-39/h1-27,46H. The molecule has 4 nitrogen and oxygen atoms in total. The fourth-order valence-electron chi connectivity index (χ4n) is 7.52. The number of hydrogen-bond acceptors (Lipinski definition) is 4. The zero-order chi connectivity index (χ0) is 33.0. The Bertz CT molecular complexity index is 2870. The molecule has 0 atom stereocenters. The molecule has 3 aromatic heterocycles. The number of nitrogens with one attached hydrogen (secondary N) is 1. The highest BCUT2D eigenvalue weighted by Crippen LogP contribution is 2.50. The van der Waals surface area contributed by atoms with Crippen LogP contribution in [0.5, 0.6) is 0 Å². The van der Waals surface area contributed by atoms with Crippen LogP contribution in [0, 0.1) is 0 Å². The molecule has 0 amide bonds. The average molecular weight is 657 g/mol. The van der Waals surface area contributed by atoms with Crippen LogP contribution in [0.15, 0.2) is 164 Å². The Morgan fingerprint density at radius 1 is 0.400 bits per heavy atom. The maximum atomic E-state index is 4.95. The van der Waals surface area contributed by atoms with Crippen molar-refractivity contribution in [2.45, 2.75) is 0 Å². The van der Waals surface area contributed by atoms with Crippen molar-refractivity contribution < 1.29 is 0 Å². The molecule has 10 aromatic rings. The summed E-state index contributed by atoms with van der Waals surface area (Å²) in [6, 6.07) is 57.9. The van der Waals surface area contributed by atoms with E-state index < -0.39 is 0 Å². The lowest BCUT2D eigenvalue weighted by atomic mass is 9.83. The highest BCUT2D eigenvalue weighted by molar-refractivity contribution is 7.25. The minimum Gasteiger partial charge on any atom is -0.354 e. The van der Waals surface area contributed by atoms with Crippen molar-refractivity contribution in [1.29, 1.82) is 0 Å². The topological polar surface area (TPSA) is 54.5 Å². The van der Waals surface area contributed by atoms with E-state index in [1.165, 1.54) is 30.9 Å². The molecule has 1 N–H and O–H groups in total. The van der Waals surface area contributed by atoms with Crippen molar-refractivity contribution in [3.8, 4) is 55.9 Å². The van der Waals surface area contributed by atoms with Gasteiger partial charge in [0.2, 0.25) is 0 Å². The first-order valence-electron chi connectivity index (χ1n) is 16.7. The molecule has 10 rings (SSSR count). The van der Waals surface area contributed by atoms with Crippen LogP contribution >= 0.6 is 11.3 Å². The molecule has 0 aliphatic carbocycles. The van der Waals surface area contributed by atoms with Gasteiger partial charge in [0.05, 0.1) is 5.52 Å². The van der Waals surface area contributed by atoms with E-state index >= 15 is 0 Å². The summed E-state index contributed by atoms with van der Waals surface area (Å²) in [4.78, 5) is 3.77. The molecule has 50 heavy (non-hydrogen) atoms. The van der Waals surface area contributed by atoms with Gasteiger partial charge >= 0.3 is 0 Å². The van der Waals surface area contributed by atoms with Crippen LogP contribution in [0.3, 0.4) is 0 Å². The third kappa shape index (κ3) is 4.48. The van der Waals surface area contributed by atoms with Crippen LogP contribution in [0.25, 0.3) is 97.9 Å². The SMILES string of the molecule is c1ccc(-c2cccc(-c3cccc4c3[nH]c3ccccc34)c2-c2c(-c3ccccc3)nnnc2-c2cccc3sc4ccccc4c23)cc1. The smallest absolute Gasteiger partial charge is 0.105 e. The highest BCUT2D eigenvalue weighted by Gasteiger charge is 2.26. The Morgan fingerprint density at radius 3 is 1.86 bits per heavy atom. The van der Waals surface area contributed by atoms with Gasteiger partial charge in [-0.05, 0) is 40.1 Å². The van der Waals surface area contributed by atoms with E-state index in [9.17, 15) is 0 Å². The molecule has 7 aromatic carbocycles. The second kappa shape index (κ2) is 11.6. The molecule has 3 heterocycles. The van der Waals surface area contributed by atoms with Gasteiger partial charge in [-0.2, -0.15) is 0 Å². The Kier molecular flexibility index (Phi) is 6.64. The molecule has 5 heteroatoms. The Hall–Kier alpha value is -6.43. The van der Waals surface area contributed by atoms with Gasteiger partial charge < -0.3 is 4.98 Å². The van der Waals surface area contributed by atoms with Gasteiger partial charge in [0.1, 0.15) is 11.4 Å². The van der Waals surface area contributed by atoms with Gasteiger partial charge in [-0.25, -0.2) is 0 Å². The van der Waals surface area contributed by atoms with Crippen LogP contribution in [0.4, 0.5) is 0 Å². The summed E-state index contributed by atoms with van der Waals surface area (Å²) >= 11 is 1.81. The van der Waals surface area contributed by atoms with Gasteiger partial charge in [0.25, 0.3) is 0 Å². The number of fused-ring (bicyclic) bond motifs is 6. The molecule has 234 valence electrons. The second-order valence-corrected chi connectivity index (χ2v) is 13.6. The number of nitrogens with zero attached hydrogens (tertiary/aromatic N) is 3. The predicted octanol–water partition coefficient (Wildman–Crippen LogP) is 12.2. The van der Waals surface area contributed by atoms with Crippen LogP contribution in [-0.4, -0.2) is 20.4 Å². The molecule has 0 radical (unpaired) electrons. The lowest BCUT2D eigenvalue weighted by molar-refractivity contribution is 0.879. The number of benzene rings is 7. The molecule has 0 fully saturated rings. The van der Waals surface area contributed by atoms with E-state index in [4.69, 9.17) is 10.2 Å². The maximum Gasteiger partial charge on any atom is 0.105 e. The van der Waals surface area contributed by atoms with E-state index in [-0.39, 0.29) is 0 Å². The molecule has 0 aliphatic heterocycles. The third-order valence-electron chi connectivity index (χ3n) is 9.70. The predicted molar refractivity (Wildman–Crippen MR) is 209 cm³/mol. The minimum absolute atomic E-state index is 0.792. The van der Waals surface area contributed by atoms with Gasteiger partial charge in [-0.15, -0.1) is 21.5 Å². The normalized spacial score (nSPS) is 11.6. The zero-order valence-corrected chi connectivity index (χ0v) is 27.7. The first-order chi connectivity index (χ1) is 24.8. The summed E-state index contributed by atoms with van der Waals surface area (Å²) < 4.78 is 2.46. The molecule has 0 aliphatic rings. The maximum absolute atomic E-state index is 4.95. The minimum atomic E-state index is 0.792. The van der Waals surface area contributed by atoms with Crippen LogP contribution in [0.1, 0.15) is 0 Å². The van der Waals surface area contributed by atoms with Crippen molar-refractivity contribution in [3.63, 3.8) is 0 Å². The first-order valence-corrected chi connectivity index (χ1v) is 17.5. The number of aromatic amines is 1. The summed E-state index contributed by atoms with van der Waals surface area (Å²) in [5, 5.41) is 19.1. The molecule has 0 unspecified atom stereocenters. The number of aromatic nitrogens is 4. The van der Waals surface area contributed by atoms with Gasteiger partial charge in [-0.1, -0.05) is 146 Å². The Morgan fingerprint density at radius 2 is 1.00 bits per heavy atom. The van der Waals surface area contributed by atoms with E-state index in [1.807, 2.05) is 17.4 Å². The second-order valence-electron chi connectivity index (χ2n) is 12.5. The average Bonchev–Trinajstić information content (AvgIpc) is 3.77. The van der Waals surface area contributed by atoms with E-state index in [2.05, 4.69) is 168 Å². The van der Waals surface area contributed by atoms with E-state index in [0.717, 1.165) is 66.9 Å². The number of para-hydroxylation sites is 2. The molecule has 0 bridgehead atoms. The molecule has 0 spiro atoms. The molecular formula is C45H28N4S. The van der Waals surface area contributed by atoms with Crippen molar-refractivity contribution in [1.82, 2.24) is 20.4 Å². The molecule has 0 saturated carbocycles. The number of H-pyrrole nitrogens is 1. The summed E-state index contributed by atoms with van der Waals surface area (Å²) in [6.45, 7) is 0. The summed E-state index contributed by atoms with van der Waals surface area (Å²) in [6.07, 6.45) is 0. The van der Waals surface area contributed by atoms with Crippen molar-refractivity contribution >= 4 is 53.3 Å². The third-order valence-corrected chi connectivity index (χ3v) is 10.8. The molecule has 0 saturated heterocycles. The van der Waals surface area contributed by atoms with Crippen LogP contribution in [0.2, 0.25) is 0 Å². The van der Waals surface area contributed by atoms with Gasteiger partial charge in [0.15, 0.2) is 0 Å². The summed E-state index contributed by atoms with van der Waals surface area (Å²) in [5.41, 5.74) is 12.3. The number of thiophene rings is 1. The quantitative estimate of drug-likeness (QED) is 0.201. The highest BCUT2D eigenvalue weighted by atomic mass is 32.1. The number of rotatable bonds is 5. The van der Waals surface area contributed by atoms with Gasteiger partial charge in [-0.3, -0.25) is 0 Å². The fourth-order valence-corrected chi connectivity index (χ4v) is 8.65. The summed E-state index contributed by atoms with van der Waals surface area (Å²) in [5.74, 6) is 0.